The fourth-order valence-corrected chi connectivity index (χ4v) is 3.08. The Hall–Kier alpha value is -4.28. The Morgan fingerprint density at radius 1 is 1.00 bits per heavy atom. The van der Waals surface area contributed by atoms with Gasteiger partial charge in [-0.2, -0.15) is 18.3 Å². The molecule has 4 rings (SSSR count). The van der Waals surface area contributed by atoms with Gasteiger partial charge in [0.25, 0.3) is 0 Å². The quantitative estimate of drug-likeness (QED) is 0.454. The molecule has 0 atom stereocenters. The smallest absolute Gasteiger partial charge is 0.325 e. The number of rotatable bonds is 6. The fraction of sp³-hybridized carbons (Fsp3) is 0.136. The fourth-order valence-electron chi connectivity index (χ4n) is 3.08. The predicted octanol–water partition coefficient (Wildman–Crippen LogP) is 4.22. The Morgan fingerprint density at radius 3 is 2.36 bits per heavy atom. The van der Waals surface area contributed by atoms with E-state index in [2.05, 4.69) is 30.7 Å². The predicted molar refractivity (Wildman–Crippen MR) is 116 cm³/mol. The number of aryl methyl sites for hydroxylation is 1. The zero-order valence-electron chi connectivity index (χ0n) is 17.3. The van der Waals surface area contributed by atoms with Crippen LogP contribution in [0.4, 0.5) is 30.5 Å². The van der Waals surface area contributed by atoms with Crippen LogP contribution in [0, 0.1) is 0 Å². The van der Waals surface area contributed by atoms with Gasteiger partial charge in [0.05, 0.1) is 29.6 Å². The molecule has 0 saturated heterocycles. The van der Waals surface area contributed by atoms with Crippen LogP contribution in [0.5, 0.6) is 0 Å². The molecule has 4 aromatic rings. The number of nitrogens with one attached hydrogen (secondary N) is 2. The first-order valence-corrected chi connectivity index (χ1v) is 9.76. The third-order valence-corrected chi connectivity index (χ3v) is 4.67. The van der Waals surface area contributed by atoms with Crippen LogP contribution in [0.1, 0.15) is 11.1 Å². The number of halogens is 3. The van der Waals surface area contributed by atoms with Crippen molar-refractivity contribution in [2.24, 2.45) is 7.05 Å². The number of amides is 1. The van der Waals surface area contributed by atoms with E-state index in [0.717, 1.165) is 22.9 Å². The molecule has 0 aliphatic rings. The highest BCUT2D eigenvalue weighted by Crippen LogP contribution is 2.34. The van der Waals surface area contributed by atoms with Crippen LogP contribution < -0.4 is 10.6 Å². The lowest BCUT2D eigenvalue weighted by Gasteiger charge is -2.13. The molecule has 3 heterocycles. The van der Waals surface area contributed by atoms with E-state index < -0.39 is 17.6 Å². The molecular weight excluding hydrogens is 435 g/mol. The molecule has 0 aliphatic heterocycles. The van der Waals surface area contributed by atoms with Gasteiger partial charge in [0.2, 0.25) is 11.9 Å². The van der Waals surface area contributed by atoms with Gasteiger partial charge in [-0.15, -0.1) is 0 Å². The Morgan fingerprint density at radius 2 is 1.73 bits per heavy atom. The Labute approximate surface area is 186 Å². The number of hydrogen-bond acceptors (Lipinski definition) is 6. The summed E-state index contributed by atoms with van der Waals surface area (Å²) in [4.78, 5) is 24.3. The normalized spacial score (nSPS) is 11.3. The summed E-state index contributed by atoms with van der Waals surface area (Å²) < 4.78 is 40.8. The minimum Gasteiger partial charge on any atom is -0.325 e. The van der Waals surface area contributed by atoms with Gasteiger partial charge in [-0.05, 0) is 17.2 Å². The third-order valence-electron chi connectivity index (χ3n) is 4.67. The van der Waals surface area contributed by atoms with Crippen molar-refractivity contribution in [3.8, 4) is 11.1 Å². The monoisotopic (exact) mass is 453 g/mol. The molecule has 0 bridgehead atoms. The lowest BCUT2D eigenvalue weighted by atomic mass is 10.0. The molecule has 33 heavy (non-hydrogen) atoms. The Bertz CT molecular complexity index is 1250. The number of anilines is 3. The van der Waals surface area contributed by atoms with Crippen LogP contribution in [0.2, 0.25) is 0 Å². The van der Waals surface area contributed by atoms with Crippen LogP contribution in [0.15, 0.2) is 67.5 Å². The third kappa shape index (κ3) is 5.50. The highest BCUT2D eigenvalue weighted by molar-refractivity contribution is 5.93. The highest BCUT2D eigenvalue weighted by Gasteiger charge is 2.34. The first kappa shape index (κ1) is 21.9. The molecule has 3 aromatic heterocycles. The summed E-state index contributed by atoms with van der Waals surface area (Å²) in [5.74, 6) is -0.136. The lowest BCUT2D eigenvalue weighted by Crippen LogP contribution is -2.18. The second kappa shape index (κ2) is 9.07. The standard InChI is InChI=1S/C22H18F3N7O/c1-32-13-17(11-29-32)30-21-27-9-16(10-28-21)15-4-2-14(3-5-15)8-20(33)31-19-6-7-26-12-18(19)22(23,24)25/h2-7,9-13H,8H2,1H3,(H,26,31,33)(H,27,28,30). The Kier molecular flexibility index (Phi) is 6.03. The van der Waals surface area contributed by atoms with E-state index in [9.17, 15) is 18.0 Å². The minimum atomic E-state index is -4.61. The summed E-state index contributed by atoms with van der Waals surface area (Å²) in [7, 11) is 1.81. The molecule has 11 heteroatoms. The SMILES string of the molecule is Cn1cc(Nc2ncc(-c3ccc(CC(=O)Nc4ccncc4C(F)(F)F)cc3)cn2)cn1. The summed E-state index contributed by atoms with van der Waals surface area (Å²) >= 11 is 0. The molecule has 0 spiro atoms. The largest absolute Gasteiger partial charge is 0.419 e. The van der Waals surface area contributed by atoms with E-state index in [4.69, 9.17) is 0 Å². The molecule has 0 aliphatic carbocycles. The van der Waals surface area contributed by atoms with E-state index in [1.165, 1.54) is 6.20 Å². The minimum absolute atomic E-state index is 0.0790. The summed E-state index contributed by atoms with van der Waals surface area (Å²) in [5.41, 5.74) is 1.71. The van der Waals surface area contributed by atoms with E-state index >= 15 is 0 Å². The number of aromatic nitrogens is 5. The van der Waals surface area contributed by atoms with Crippen molar-refractivity contribution in [1.29, 1.82) is 0 Å². The molecule has 0 saturated carbocycles. The van der Waals surface area contributed by atoms with Crippen LogP contribution >= 0.6 is 0 Å². The van der Waals surface area contributed by atoms with E-state index in [0.29, 0.717) is 17.7 Å². The number of hydrogen-bond donors (Lipinski definition) is 2. The Balaban J connectivity index is 1.39. The van der Waals surface area contributed by atoms with E-state index in [1.54, 1.807) is 60.8 Å². The molecule has 1 amide bonds. The second-order valence-corrected chi connectivity index (χ2v) is 7.16. The topological polar surface area (TPSA) is 97.6 Å². The van der Waals surface area contributed by atoms with Crippen molar-refractivity contribution in [2.45, 2.75) is 12.6 Å². The summed E-state index contributed by atoms with van der Waals surface area (Å²) in [6, 6.07) is 8.17. The molecule has 0 fully saturated rings. The molecule has 1 aromatic carbocycles. The maximum Gasteiger partial charge on any atom is 0.419 e. The van der Waals surface area contributed by atoms with Gasteiger partial charge in [-0.25, -0.2) is 9.97 Å². The van der Waals surface area contributed by atoms with Gasteiger partial charge < -0.3 is 10.6 Å². The van der Waals surface area contributed by atoms with Gasteiger partial charge in [-0.3, -0.25) is 14.5 Å². The molecule has 0 unspecified atom stereocenters. The van der Waals surface area contributed by atoms with E-state index in [1.807, 2.05) is 0 Å². The zero-order valence-corrected chi connectivity index (χ0v) is 17.3. The average molecular weight is 453 g/mol. The van der Waals surface area contributed by atoms with Gasteiger partial charge in [0, 0.05) is 43.6 Å². The van der Waals surface area contributed by atoms with Crippen LogP contribution in [0.25, 0.3) is 11.1 Å². The van der Waals surface area contributed by atoms with E-state index in [-0.39, 0.29) is 12.1 Å². The molecule has 8 nitrogen and oxygen atoms in total. The summed E-state index contributed by atoms with van der Waals surface area (Å²) in [6.45, 7) is 0. The number of pyridine rings is 1. The molecule has 2 N–H and O–H groups in total. The molecular formula is C22H18F3N7O. The van der Waals surface area contributed by atoms with Gasteiger partial charge >= 0.3 is 6.18 Å². The van der Waals surface area contributed by atoms with Gasteiger partial charge in [0.15, 0.2) is 0 Å². The number of carbonyl (C=O) groups excluding carboxylic acids is 1. The van der Waals surface area contributed by atoms with Crippen LogP contribution in [-0.4, -0.2) is 30.6 Å². The van der Waals surface area contributed by atoms with Crippen molar-refractivity contribution in [3.63, 3.8) is 0 Å². The number of alkyl halides is 3. The summed E-state index contributed by atoms with van der Waals surface area (Å²) in [5, 5.41) is 9.41. The summed E-state index contributed by atoms with van der Waals surface area (Å²) in [6.07, 6.45) is 3.97. The first-order chi connectivity index (χ1) is 15.8. The molecule has 168 valence electrons. The van der Waals surface area contributed by atoms with Gasteiger partial charge in [-0.1, -0.05) is 24.3 Å². The van der Waals surface area contributed by atoms with Gasteiger partial charge in [0.1, 0.15) is 0 Å². The molecule has 0 radical (unpaired) electrons. The first-order valence-electron chi connectivity index (χ1n) is 9.76. The highest BCUT2D eigenvalue weighted by atomic mass is 19.4. The maximum atomic E-state index is 13.1. The zero-order chi connectivity index (χ0) is 23.4. The number of nitrogens with zero attached hydrogens (tertiary/aromatic N) is 5. The van der Waals surface area contributed by atoms with Crippen molar-refractivity contribution in [1.82, 2.24) is 24.7 Å². The van der Waals surface area contributed by atoms with Crippen LogP contribution in [0.3, 0.4) is 0 Å². The second-order valence-electron chi connectivity index (χ2n) is 7.16. The maximum absolute atomic E-state index is 13.1. The average Bonchev–Trinajstić information content (AvgIpc) is 3.19. The van der Waals surface area contributed by atoms with Crippen molar-refractivity contribution in [2.75, 3.05) is 10.6 Å². The number of carbonyl (C=O) groups is 1. The lowest BCUT2D eigenvalue weighted by molar-refractivity contribution is -0.137. The van der Waals surface area contributed by atoms with Crippen LogP contribution in [-0.2, 0) is 24.4 Å². The van der Waals surface area contributed by atoms with Crippen molar-refractivity contribution in [3.05, 3.63) is 78.6 Å². The number of benzene rings is 1. The van der Waals surface area contributed by atoms with Crippen molar-refractivity contribution >= 4 is 23.2 Å². The van der Waals surface area contributed by atoms with Crippen molar-refractivity contribution < 1.29 is 18.0 Å².